The second-order valence-corrected chi connectivity index (χ2v) is 7.29. The highest BCUT2D eigenvalue weighted by molar-refractivity contribution is 7.11. The van der Waals surface area contributed by atoms with E-state index in [9.17, 15) is 14.9 Å². The lowest BCUT2D eigenvalue weighted by Gasteiger charge is -2.24. The second-order valence-electron chi connectivity index (χ2n) is 6.54. The predicted molar refractivity (Wildman–Crippen MR) is 121 cm³/mol. The minimum absolute atomic E-state index is 0.0478. The predicted octanol–water partition coefficient (Wildman–Crippen LogP) is 5.43. The van der Waals surface area contributed by atoms with E-state index in [1.165, 1.54) is 19.1 Å². The molecule has 0 aliphatic rings. The highest BCUT2D eigenvalue weighted by Gasteiger charge is 2.16. The van der Waals surface area contributed by atoms with Crippen molar-refractivity contribution < 1.29 is 14.5 Å². The molecule has 10 nitrogen and oxygen atoms in total. The van der Waals surface area contributed by atoms with Crippen LogP contribution in [0, 0.1) is 10.1 Å². The van der Waals surface area contributed by atoms with E-state index in [1.807, 2.05) is 13.8 Å². The van der Waals surface area contributed by atoms with E-state index in [2.05, 4.69) is 24.8 Å². The summed E-state index contributed by atoms with van der Waals surface area (Å²) in [5.74, 6) is 0.350. The van der Waals surface area contributed by atoms with Gasteiger partial charge in [-0.15, -0.1) is 10.2 Å². The van der Waals surface area contributed by atoms with Crippen LogP contribution in [0.1, 0.15) is 20.8 Å². The summed E-state index contributed by atoms with van der Waals surface area (Å²) in [6.07, 6.45) is 0. The fraction of sp³-hybridized carbons (Fsp3) is 0.300. The van der Waals surface area contributed by atoms with Crippen molar-refractivity contribution in [2.24, 2.45) is 10.2 Å². The largest absolute Gasteiger partial charge is 0.494 e. The van der Waals surface area contributed by atoms with Gasteiger partial charge in [-0.3, -0.25) is 14.9 Å². The van der Waals surface area contributed by atoms with Gasteiger partial charge in [-0.1, -0.05) is 0 Å². The Hall–Kier alpha value is -3.60. The number of methoxy groups -OCH3 is 1. The molecule has 11 heteroatoms. The summed E-state index contributed by atoms with van der Waals surface area (Å²) < 4.78 is 9.80. The molecule has 0 aliphatic carbocycles. The molecule has 31 heavy (non-hydrogen) atoms. The van der Waals surface area contributed by atoms with Crippen molar-refractivity contribution in [1.82, 2.24) is 4.37 Å². The number of nitro groups is 1. The minimum Gasteiger partial charge on any atom is -0.494 e. The van der Waals surface area contributed by atoms with Crippen LogP contribution in [-0.4, -0.2) is 35.4 Å². The molecular formula is C20H22N6O4S. The van der Waals surface area contributed by atoms with Gasteiger partial charge in [0.1, 0.15) is 11.4 Å². The number of aromatic nitrogens is 1. The van der Waals surface area contributed by atoms with Gasteiger partial charge < -0.3 is 15.0 Å². The number of nitrogens with one attached hydrogen (secondary N) is 1. The standard InChI is InChI=1S/C20H22N6O4S/c1-5-25(6-2)18-10-16(21-12(3)27)17(11-19(18)30-4)22-23-20-14-9-13(26(28)29)7-8-15(14)24-31-20/h7-11H,5-6H2,1-4H3,(H,21,27). The Morgan fingerprint density at radius 2 is 2.00 bits per heavy atom. The molecule has 1 amide bonds. The molecule has 3 rings (SSSR count). The van der Waals surface area contributed by atoms with Crippen LogP contribution < -0.4 is 15.0 Å². The van der Waals surface area contributed by atoms with Crippen LogP contribution in [-0.2, 0) is 4.79 Å². The van der Waals surface area contributed by atoms with Crippen molar-refractivity contribution in [1.29, 1.82) is 0 Å². The third-order valence-electron chi connectivity index (χ3n) is 4.61. The maximum atomic E-state index is 11.7. The molecule has 0 fully saturated rings. The maximum absolute atomic E-state index is 11.7. The highest BCUT2D eigenvalue weighted by atomic mass is 32.1. The monoisotopic (exact) mass is 442 g/mol. The van der Waals surface area contributed by atoms with E-state index in [-0.39, 0.29) is 11.6 Å². The smallest absolute Gasteiger partial charge is 0.270 e. The number of anilines is 2. The minimum atomic E-state index is -0.469. The first-order valence-corrected chi connectivity index (χ1v) is 10.3. The zero-order chi connectivity index (χ0) is 22.5. The third kappa shape index (κ3) is 4.77. The summed E-state index contributed by atoms with van der Waals surface area (Å²) in [6, 6.07) is 7.90. The molecule has 0 bridgehead atoms. The lowest BCUT2D eigenvalue weighted by molar-refractivity contribution is -0.384. The number of rotatable bonds is 8. The molecule has 0 atom stereocenters. The van der Waals surface area contributed by atoms with E-state index >= 15 is 0 Å². The first-order valence-electron chi connectivity index (χ1n) is 9.58. The van der Waals surface area contributed by atoms with E-state index in [0.717, 1.165) is 30.3 Å². The number of non-ortho nitro benzene ring substituents is 1. The summed E-state index contributed by atoms with van der Waals surface area (Å²) in [7, 11) is 1.57. The van der Waals surface area contributed by atoms with Crippen LogP contribution in [0.3, 0.4) is 0 Å². The molecular weight excluding hydrogens is 420 g/mol. The van der Waals surface area contributed by atoms with Gasteiger partial charge in [0.05, 0.1) is 28.9 Å². The van der Waals surface area contributed by atoms with Crippen LogP contribution in [0.5, 0.6) is 5.75 Å². The molecule has 1 aromatic heterocycles. The fourth-order valence-corrected chi connectivity index (χ4v) is 3.79. The van der Waals surface area contributed by atoms with Gasteiger partial charge in [-0.2, -0.15) is 4.37 Å². The number of nitrogens with zero attached hydrogens (tertiary/aromatic N) is 5. The van der Waals surface area contributed by atoms with Crippen molar-refractivity contribution >= 4 is 56.1 Å². The molecule has 0 saturated carbocycles. The summed E-state index contributed by atoms with van der Waals surface area (Å²) >= 11 is 1.09. The quantitative estimate of drug-likeness (QED) is 0.282. The van der Waals surface area contributed by atoms with Crippen LogP contribution in [0.15, 0.2) is 40.6 Å². The topological polar surface area (TPSA) is 122 Å². The number of carbonyl (C=O) groups excluding carboxylic acids is 1. The number of benzene rings is 2. The normalized spacial score (nSPS) is 11.1. The number of ether oxygens (including phenoxy) is 1. The number of fused-ring (bicyclic) bond motifs is 1. The molecule has 1 N–H and O–H groups in total. The molecule has 3 aromatic rings. The van der Waals surface area contributed by atoms with Crippen LogP contribution >= 0.6 is 11.5 Å². The molecule has 1 heterocycles. The van der Waals surface area contributed by atoms with Gasteiger partial charge >= 0.3 is 0 Å². The number of azo groups is 1. The molecule has 0 aliphatic heterocycles. The number of amides is 1. The van der Waals surface area contributed by atoms with Gasteiger partial charge in [0.15, 0.2) is 5.00 Å². The van der Waals surface area contributed by atoms with Crippen molar-refractivity contribution in [3.8, 4) is 5.75 Å². The van der Waals surface area contributed by atoms with E-state index < -0.39 is 4.92 Å². The second kappa shape index (κ2) is 9.47. The summed E-state index contributed by atoms with van der Waals surface area (Å²) in [6.45, 7) is 7.00. The summed E-state index contributed by atoms with van der Waals surface area (Å²) in [5.41, 5.74) is 2.26. The van der Waals surface area contributed by atoms with Gasteiger partial charge in [0, 0.05) is 43.6 Å². The molecule has 0 spiro atoms. The molecule has 0 radical (unpaired) electrons. The van der Waals surface area contributed by atoms with Gasteiger partial charge in [-0.25, -0.2) is 0 Å². The third-order valence-corrected chi connectivity index (χ3v) is 5.37. The van der Waals surface area contributed by atoms with E-state index in [0.29, 0.717) is 33.0 Å². The number of nitro benzene ring substituents is 1. The van der Waals surface area contributed by atoms with Gasteiger partial charge in [-0.05, 0) is 37.5 Å². The van der Waals surface area contributed by atoms with E-state index in [1.54, 1.807) is 25.3 Å². The Kier molecular flexibility index (Phi) is 6.75. The summed E-state index contributed by atoms with van der Waals surface area (Å²) in [5, 5.41) is 23.4. The Bertz CT molecular complexity index is 1160. The van der Waals surface area contributed by atoms with Crippen LogP contribution in [0.4, 0.5) is 27.8 Å². The van der Waals surface area contributed by atoms with Crippen molar-refractivity contribution in [3.05, 3.63) is 40.4 Å². The molecule has 0 unspecified atom stereocenters. The van der Waals surface area contributed by atoms with Gasteiger partial charge in [0.25, 0.3) is 5.69 Å². The Morgan fingerprint density at radius 3 is 2.61 bits per heavy atom. The zero-order valence-corrected chi connectivity index (χ0v) is 18.4. The van der Waals surface area contributed by atoms with Crippen molar-refractivity contribution in [2.75, 3.05) is 30.4 Å². The Balaban J connectivity index is 2.08. The maximum Gasteiger partial charge on any atom is 0.270 e. The van der Waals surface area contributed by atoms with Gasteiger partial charge in [0.2, 0.25) is 5.91 Å². The first-order chi connectivity index (χ1) is 14.9. The number of hydrogen-bond donors (Lipinski definition) is 1. The van der Waals surface area contributed by atoms with E-state index in [4.69, 9.17) is 4.74 Å². The molecule has 2 aromatic carbocycles. The van der Waals surface area contributed by atoms with Crippen LogP contribution in [0.25, 0.3) is 10.9 Å². The lowest BCUT2D eigenvalue weighted by Crippen LogP contribution is -2.22. The number of carbonyl (C=O) groups is 1. The first kappa shape index (κ1) is 22.1. The molecule has 0 saturated heterocycles. The Morgan fingerprint density at radius 1 is 1.26 bits per heavy atom. The average Bonchev–Trinajstić information content (AvgIpc) is 3.15. The zero-order valence-electron chi connectivity index (χ0n) is 17.6. The lowest BCUT2D eigenvalue weighted by atomic mass is 10.2. The molecule has 162 valence electrons. The van der Waals surface area contributed by atoms with Crippen molar-refractivity contribution in [3.63, 3.8) is 0 Å². The fourth-order valence-electron chi connectivity index (χ4n) is 3.11. The number of hydrogen-bond acceptors (Lipinski definition) is 9. The Labute approximate surface area is 182 Å². The highest BCUT2D eigenvalue weighted by Crippen LogP contribution is 2.40. The van der Waals surface area contributed by atoms with Crippen LogP contribution in [0.2, 0.25) is 0 Å². The average molecular weight is 443 g/mol. The summed E-state index contributed by atoms with van der Waals surface area (Å²) in [4.78, 5) is 24.5. The SMILES string of the molecule is CCN(CC)c1cc(NC(C)=O)c(N=Nc2snc3ccc([N+](=O)[O-])cc23)cc1OC. The van der Waals surface area contributed by atoms with Crippen molar-refractivity contribution in [2.45, 2.75) is 20.8 Å².